The lowest BCUT2D eigenvalue weighted by molar-refractivity contribution is -0.133. The second-order valence-electron chi connectivity index (χ2n) is 7.19. The van der Waals surface area contributed by atoms with E-state index >= 15 is 0 Å². The van der Waals surface area contributed by atoms with E-state index in [2.05, 4.69) is 5.32 Å². The number of urea groups is 1. The molecule has 0 bridgehead atoms. The maximum Gasteiger partial charge on any atom is 0.325 e. The molecule has 2 fully saturated rings. The van der Waals surface area contributed by atoms with E-state index in [4.69, 9.17) is 11.6 Å². The molecule has 4 rings (SSSR count). The van der Waals surface area contributed by atoms with Gasteiger partial charge in [0.2, 0.25) is 0 Å². The zero-order valence-electron chi connectivity index (χ0n) is 15.2. The highest BCUT2D eigenvalue weighted by molar-refractivity contribution is 6.31. The number of amides is 4. The molecule has 7 heteroatoms. The van der Waals surface area contributed by atoms with E-state index in [0.717, 1.165) is 5.56 Å². The van der Waals surface area contributed by atoms with Crippen LogP contribution in [0.3, 0.4) is 0 Å². The van der Waals surface area contributed by atoms with Crippen LogP contribution < -0.4 is 5.32 Å². The van der Waals surface area contributed by atoms with E-state index < -0.39 is 5.54 Å². The molecule has 2 aliphatic heterocycles. The number of hydrogen-bond donors (Lipinski definition) is 1. The Bertz CT molecular complexity index is 924. The van der Waals surface area contributed by atoms with Crippen molar-refractivity contribution in [3.63, 3.8) is 0 Å². The van der Waals surface area contributed by atoms with Gasteiger partial charge in [-0.3, -0.25) is 14.5 Å². The SMILES string of the molecule is O=C(c1cccc(Cl)c1)N1CCC2(CC1)NC(=O)N(Cc1ccccc1)C2=O. The van der Waals surface area contributed by atoms with Gasteiger partial charge in [0.25, 0.3) is 11.8 Å². The van der Waals surface area contributed by atoms with Gasteiger partial charge >= 0.3 is 6.03 Å². The number of piperidine rings is 1. The lowest BCUT2D eigenvalue weighted by atomic mass is 9.87. The van der Waals surface area contributed by atoms with Crippen LogP contribution in [0.4, 0.5) is 4.79 Å². The van der Waals surface area contributed by atoms with Crippen molar-refractivity contribution < 1.29 is 14.4 Å². The van der Waals surface area contributed by atoms with Crippen molar-refractivity contribution in [3.05, 3.63) is 70.7 Å². The first-order chi connectivity index (χ1) is 13.5. The molecule has 2 saturated heterocycles. The highest BCUT2D eigenvalue weighted by atomic mass is 35.5. The Labute approximate surface area is 168 Å². The number of nitrogens with one attached hydrogen (secondary N) is 1. The zero-order valence-corrected chi connectivity index (χ0v) is 16.0. The van der Waals surface area contributed by atoms with Crippen molar-refractivity contribution in [2.75, 3.05) is 13.1 Å². The van der Waals surface area contributed by atoms with Crippen molar-refractivity contribution in [2.45, 2.75) is 24.9 Å². The van der Waals surface area contributed by atoms with Gasteiger partial charge in [0.1, 0.15) is 5.54 Å². The summed E-state index contributed by atoms with van der Waals surface area (Å²) in [6, 6.07) is 15.9. The minimum absolute atomic E-state index is 0.115. The summed E-state index contributed by atoms with van der Waals surface area (Å²) < 4.78 is 0. The summed E-state index contributed by atoms with van der Waals surface area (Å²) in [4.78, 5) is 41.1. The number of hydrogen-bond acceptors (Lipinski definition) is 3. The normalized spacial score (nSPS) is 18.5. The number of benzene rings is 2. The molecule has 0 aliphatic carbocycles. The van der Waals surface area contributed by atoms with Crippen LogP contribution in [0.15, 0.2) is 54.6 Å². The Morgan fingerprint density at radius 3 is 2.43 bits per heavy atom. The molecule has 0 unspecified atom stereocenters. The first kappa shape index (κ1) is 18.5. The number of imide groups is 1. The smallest absolute Gasteiger partial charge is 0.325 e. The van der Waals surface area contributed by atoms with Crippen LogP contribution >= 0.6 is 11.6 Å². The highest BCUT2D eigenvalue weighted by Gasteiger charge is 2.52. The third kappa shape index (κ3) is 3.36. The molecule has 1 N–H and O–H groups in total. The summed E-state index contributed by atoms with van der Waals surface area (Å²) in [6.07, 6.45) is 0.796. The van der Waals surface area contributed by atoms with Crippen LogP contribution in [0.1, 0.15) is 28.8 Å². The average Bonchev–Trinajstić information content (AvgIpc) is 2.93. The third-order valence-electron chi connectivity index (χ3n) is 5.41. The van der Waals surface area contributed by atoms with Crippen molar-refractivity contribution in [1.82, 2.24) is 15.1 Å². The predicted octanol–water partition coefficient (Wildman–Crippen LogP) is 3.07. The summed E-state index contributed by atoms with van der Waals surface area (Å²) in [6.45, 7) is 1.05. The van der Waals surface area contributed by atoms with Gasteiger partial charge in [0, 0.05) is 23.7 Å². The maximum absolute atomic E-state index is 13.0. The predicted molar refractivity (Wildman–Crippen MR) is 105 cm³/mol. The molecule has 0 radical (unpaired) electrons. The molecule has 1 spiro atoms. The van der Waals surface area contributed by atoms with Crippen molar-refractivity contribution in [2.24, 2.45) is 0 Å². The monoisotopic (exact) mass is 397 g/mol. The number of nitrogens with zero attached hydrogens (tertiary/aromatic N) is 2. The van der Waals surface area contributed by atoms with Crippen LogP contribution in [0.25, 0.3) is 0 Å². The second kappa shape index (κ2) is 7.28. The van der Waals surface area contributed by atoms with E-state index in [-0.39, 0.29) is 24.4 Å². The largest absolute Gasteiger partial charge is 0.338 e. The lowest BCUT2D eigenvalue weighted by Gasteiger charge is -2.37. The fraction of sp³-hybridized carbons (Fsp3) is 0.286. The molecule has 0 saturated carbocycles. The van der Waals surface area contributed by atoms with Crippen molar-refractivity contribution >= 4 is 29.4 Å². The standard InChI is InChI=1S/C21H20ClN3O3/c22-17-8-4-7-16(13-17)18(26)24-11-9-21(10-12-24)19(27)25(20(28)23-21)14-15-5-2-1-3-6-15/h1-8,13H,9-12,14H2,(H,23,28). The molecule has 2 aromatic rings. The summed E-state index contributed by atoms with van der Waals surface area (Å²) in [5, 5.41) is 3.38. The first-order valence-electron chi connectivity index (χ1n) is 9.21. The molecule has 2 heterocycles. The van der Waals surface area contributed by atoms with Crippen LogP contribution in [0, 0.1) is 0 Å². The molecule has 28 heavy (non-hydrogen) atoms. The van der Waals surface area contributed by atoms with E-state index in [0.29, 0.717) is 36.5 Å². The number of likely N-dealkylation sites (tertiary alicyclic amines) is 1. The van der Waals surface area contributed by atoms with Crippen LogP contribution in [-0.2, 0) is 11.3 Å². The molecular formula is C21H20ClN3O3. The van der Waals surface area contributed by atoms with Crippen molar-refractivity contribution in [1.29, 1.82) is 0 Å². The van der Waals surface area contributed by atoms with E-state index in [9.17, 15) is 14.4 Å². The first-order valence-corrected chi connectivity index (χ1v) is 9.59. The molecule has 6 nitrogen and oxygen atoms in total. The molecular weight excluding hydrogens is 378 g/mol. The third-order valence-corrected chi connectivity index (χ3v) is 5.64. The number of carbonyl (C=O) groups excluding carboxylic acids is 3. The summed E-state index contributed by atoms with van der Waals surface area (Å²) >= 11 is 5.98. The molecule has 2 aromatic carbocycles. The zero-order chi connectivity index (χ0) is 19.7. The van der Waals surface area contributed by atoms with Gasteiger partial charge in [-0.25, -0.2) is 4.79 Å². The summed E-state index contributed by atoms with van der Waals surface area (Å²) in [7, 11) is 0. The molecule has 0 aromatic heterocycles. The highest BCUT2D eigenvalue weighted by Crippen LogP contribution is 2.31. The van der Waals surface area contributed by atoms with Crippen LogP contribution in [0.2, 0.25) is 5.02 Å². The fourth-order valence-corrected chi connectivity index (χ4v) is 4.01. The average molecular weight is 398 g/mol. The lowest BCUT2D eigenvalue weighted by Crippen LogP contribution is -2.55. The Kier molecular flexibility index (Phi) is 4.81. The Hall–Kier alpha value is -2.86. The quantitative estimate of drug-likeness (QED) is 0.809. The Morgan fingerprint density at radius 1 is 1.04 bits per heavy atom. The van der Waals surface area contributed by atoms with E-state index in [1.165, 1.54) is 4.90 Å². The van der Waals surface area contributed by atoms with Gasteiger partial charge in [0.15, 0.2) is 0 Å². The molecule has 144 valence electrons. The maximum atomic E-state index is 13.0. The van der Waals surface area contributed by atoms with Gasteiger partial charge < -0.3 is 10.2 Å². The van der Waals surface area contributed by atoms with Gasteiger partial charge in [-0.15, -0.1) is 0 Å². The summed E-state index contributed by atoms with van der Waals surface area (Å²) in [5.41, 5.74) is 0.504. The number of halogens is 1. The fourth-order valence-electron chi connectivity index (χ4n) is 3.82. The van der Waals surface area contributed by atoms with Gasteiger partial charge in [-0.1, -0.05) is 48.0 Å². The van der Waals surface area contributed by atoms with Crippen LogP contribution in [-0.4, -0.2) is 46.3 Å². The molecule has 0 atom stereocenters. The van der Waals surface area contributed by atoms with Gasteiger partial charge in [-0.2, -0.15) is 0 Å². The number of rotatable bonds is 3. The molecule has 2 aliphatic rings. The number of carbonyl (C=O) groups is 3. The minimum atomic E-state index is -0.920. The second-order valence-corrected chi connectivity index (χ2v) is 7.63. The van der Waals surface area contributed by atoms with Gasteiger partial charge in [-0.05, 0) is 36.6 Å². The van der Waals surface area contributed by atoms with Crippen molar-refractivity contribution in [3.8, 4) is 0 Å². The Balaban J connectivity index is 1.44. The minimum Gasteiger partial charge on any atom is -0.338 e. The van der Waals surface area contributed by atoms with Crippen LogP contribution in [0.5, 0.6) is 0 Å². The van der Waals surface area contributed by atoms with Gasteiger partial charge in [0.05, 0.1) is 6.54 Å². The Morgan fingerprint density at radius 2 is 1.75 bits per heavy atom. The topological polar surface area (TPSA) is 69.7 Å². The van der Waals surface area contributed by atoms with E-state index in [1.54, 1.807) is 29.2 Å². The molecule has 4 amide bonds. The van der Waals surface area contributed by atoms with E-state index in [1.807, 2.05) is 30.3 Å². The summed E-state index contributed by atoms with van der Waals surface area (Å²) in [5.74, 6) is -0.327.